The van der Waals surface area contributed by atoms with Crippen LogP contribution in [0.2, 0.25) is 0 Å². The van der Waals surface area contributed by atoms with Crippen LogP contribution in [0, 0.1) is 5.92 Å². The van der Waals surface area contributed by atoms with E-state index in [2.05, 4.69) is 9.80 Å². The number of rotatable bonds is 5. The molecular formula is C25H37N3O4. The maximum absolute atomic E-state index is 13.0. The molecule has 2 fully saturated rings. The minimum Gasteiger partial charge on any atom is -0.493 e. The highest BCUT2D eigenvalue weighted by Gasteiger charge is 2.30. The number of nitrogens with zero attached hydrogens (tertiary/aromatic N) is 3. The first-order chi connectivity index (χ1) is 15.6. The van der Waals surface area contributed by atoms with Crippen molar-refractivity contribution < 1.29 is 19.1 Å². The molecule has 0 spiro atoms. The molecule has 32 heavy (non-hydrogen) atoms. The number of amides is 2. The summed E-state index contributed by atoms with van der Waals surface area (Å²) < 4.78 is 10.8. The van der Waals surface area contributed by atoms with E-state index in [1.807, 2.05) is 17.0 Å². The average Bonchev–Trinajstić information content (AvgIpc) is 3.12. The smallest absolute Gasteiger partial charge is 0.237 e. The number of ether oxygens (including phenoxy) is 2. The molecular weight excluding hydrogens is 406 g/mol. The predicted molar refractivity (Wildman–Crippen MR) is 123 cm³/mol. The number of carbonyl (C=O) groups excluding carboxylic acids is 2. The van der Waals surface area contributed by atoms with E-state index >= 15 is 0 Å². The van der Waals surface area contributed by atoms with Gasteiger partial charge in [0.05, 0.1) is 20.8 Å². The van der Waals surface area contributed by atoms with Crippen LogP contribution < -0.4 is 9.47 Å². The Morgan fingerprint density at radius 2 is 1.47 bits per heavy atom. The number of likely N-dealkylation sites (tertiary alicyclic amines) is 2. The third-order valence-corrected chi connectivity index (χ3v) is 7.28. The Kier molecular flexibility index (Phi) is 7.55. The number of hydrogen-bond donors (Lipinski definition) is 0. The summed E-state index contributed by atoms with van der Waals surface area (Å²) in [5.41, 5.74) is 2.35. The largest absolute Gasteiger partial charge is 0.493 e. The van der Waals surface area contributed by atoms with E-state index in [9.17, 15) is 9.59 Å². The van der Waals surface area contributed by atoms with Crippen molar-refractivity contribution in [1.29, 1.82) is 0 Å². The topological polar surface area (TPSA) is 62.3 Å². The first-order valence-corrected chi connectivity index (χ1v) is 12.1. The molecule has 0 radical (unpaired) electrons. The van der Waals surface area contributed by atoms with E-state index in [0.717, 1.165) is 76.1 Å². The maximum Gasteiger partial charge on any atom is 0.237 e. The molecule has 0 atom stereocenters. The number of fused-ring (bicyclic) bond motifs is 1. The van der Waals surface area contributed by atoms with Gasteiger partial charge in [0.25, 0.3) is 0 Å². The normalized spacial score (nSPS) is 20.4. The number of piperidine rings is 1. The summed E-state index contributed by atoms with van der Waals surface area (Å²) >= 11 is 0. The second-order valence-corrected chi connectivity index (χ2v) is 9.33. The monoisotopic (exact) mass is 443 g/mol. The lowest BCUT2D eigenvalue weighted by atomic mass is 9.95. The summed E-state index contributed by atoms with van der Waals surface area (Å²) in [6.07, 6.45) is 7.31. The Balaban J connectivity index is 1.28. The van der Waals surface area contributed by atoms with E-state index in [1.54, 1.807) is 14.2 Å². The quantitative estimate of drug-likeness (QED) is 0.700. The molecule has 7 heteroatoms. The van der Waals surface area contributed by atoms with Crippen molar-refractivity contribution >= 4 is 11.8 Å². The number of carbonyl (C=O) groups is 2. The molecule has 0 saturated carbocycles. The SMILES string of the molecule is COc1cc2c(cc1OC)CN(C(=O)CN1CCC(C(=O)N3CCCCCC3)CC1)CC2. The van der Waals surface area contributed by atoms with Gasteiger partial charge in [0.2, 0.25) is 11.8 Å². The molecule has 0 N–H and O–H groups in total. The molecule has 3 aliphatic rings. The van der Waals surface area contributed by atoms with Crippen molar-refractivity contribution in [3.63, 3.8) is 0 Å². The van der Waals surface area contributed by atoms with Crippen LogP contribution in [-0.2, 0) is 22.6 Å². The Morgan fingerprint density at radius 3 is 2.09 bits per heavy atom. The van der Waals surface area contributed by atoms with Gasteiger partial charge >= 0.3 is 0 Å². The summed E-state index contributed by atoms with van der Waals surface area (Å²) in [6, 6.07) is 4.02. The molecule has 2 amide bonds. The zero-order valence-electron chi connectivity index (χ0n) is 19.6. The molecule has 3 aliphatic heterocycles. The van der Waals surface area contributed by atoms with E-state index in [0.29, 0.717) is 24.7 Å². The fourth-order valence-electron chi connectivity index (χ4n) is 5.27. The van der Waals surface area contributed by atoms with E-state index in [4.69, 9.17) is 9.47 Å². The third kappa shape index (κ3) is 5.20. The minimum atomic E-state index is 0.128. The van der Waals surface area contributed by atoms with Crippen LogP contribution in [0.15, 0.2) is 12.1 Å². The van der Waals surface area contributed by atoms with Gasteiger partial charge in [-0.05, 0) is 68.5 Å². The Hall–Kier alpha value is -2.28. The molecule has 1 aromatic carbocycles. The summed E-state index contributed by atoms with van der Waals surface area (Å²) in [4.78, 5) is 32.2. The number of hydrogen-bond acceptors (Lipinski definition) is 5. The van der Waals surface area contributed by atoms with Crippen molar-refractivity contribution in [3.05, 3.63) is 23.3 Å². The minimum absolute atomic E-state index is 0.128. The van der Waals surface area contributed by atoms with Crippen LogP contribution >= 0.6 is 0 Å². The molecule has 7 nitrogen and oxygen atoms in total. The highest BCUT2D eigenvalue weighted by atomic mass is 16.5. The predicted octanol–water partition coefficient (Wildman–Crippen LogP) is 2.70. The molecule has 0 unspecified atom stereocenters. The van der Waals surface area contributed by atoms with Gasteiger partial charge in [-0.15, -0.1) is 0 Å². The van der Waals surface area contributed by atoms with Gasteiger partial charge in [-0.25, -0.2) is 0 Å². The lowest BCUT2D eigenvalue weighted by molar-refractivity contribution is -0.137. The fourth-order valence-corrected chi connectivity index (χ4v) is 5.27. The van der Waals surface area contributed by atoms with Gasteiger partial charge in [-0.2, -0.15) is 0 Å². The Bertz CT molecular complexity index is 812. The second kappa shape index (κ2) is 10.6. The van der Waals surface area contributed by atoms with Crippen LogP contribution in [0.25, 0.3) is 0 Å². The lowest BCUT2D eigenvalue weighted by Crippen LogP contribution is -2.47. The van der Waals surface area contributed by atoms with E-state index < -0.39 is 0 Å². The summed E-state index contributed by atoms with van der Waals surface area (Å²) in [7, 11) is 3.28. The van der Waals surface area contributed by atoms with Gasteiger partial charge in [0.1, 0.15) is 0 Å². The molecule has 0 aromatic heterocycles. The number of methoxy groups -OCH3 is 2. The number of benzene rings is 1. The van der Waals surface area contributed by atoms with Crippen molar-refractivity contribution in [2.24, 2.45) is 5.92 Å². The fraction of sp³-hybridized carbons (Fsp3) is 0.680. The summed E-state index contributed by atoms with van der Waals surface area (Å²) in [5, 5.41) is 0. The standard InChI is InChI=1S/C25H37N3O4/c1-31-22-15-20-9-14-28(17-21(20)16-23(22)32-2)24(29)18-26-12-7-19(8-13-26)25(30)27-10-5-3-4-6-11-27/h15-16,19H,3-14,17-18H2,1-2H3. The van der Waals surface area contributed by atoms with E-state index in [-0.39, 0.29) is 11.8 Å². The van der Waals surface area contributed by atoms with E-state index in [1.165, 1.54) is 18.4 Å². The Labute approximate surface area is 191 Å². The molecule has 3 heterocycles. The average molecular weight is 444 g/mol. The van der Waals surface area contributed by atoms with Crippen molar-refractivity contribution in [3.8, 4) is 11.5 Å². The van der Waals surface area contributed by atoms with Crippen LogP contribution in [0.1, 0.15) is 49.7 Å². The zero-order valence-corrected chi connectivity index (χ0v) is 19.6. The highest BCUT2D eigenvalue weighted by Crippen LogP contribution is 2.33. The first kappa shape index (κ1) is 22.9. The van der Waals surface area contributed by atoms with Crippen molar-refractivity contribution in [2.75, 3.05) is 53.5 Å². The van der Waals surface area contributed by atoms with Gasteiger partial charge < -0.3 is 19.3 Å². The van der Waals surface area contributed by atoms with Crippen molar-refractivity contribution in [2.45, 2.75) is 51.5 Å². The van der Waals surface area contributed by atoms with Crippen LogP contribution in [-0.4, -0.2) is 80.0 Å². The van der Waals surface area contributed by atoms with Gasteiger partial charge in [0, 0.05) is 32.1 Å². The van der Waals surface area contributed by atoms with Crippen LogP contribution in [0.4, 0.5) is 0 Å². The van der Waals surface area contributed by atoms with Crippen LogP contribution in [0.3, 0.4) is 0 Å². The molecule has 2 saturated heterocycles. The van der Waals surface area contributed by atoms with Gasteiger partial charge in [-0.3, -0.25) is 14.5 Å². The molecule has 0 bridgehead atoms. The van der Waals surface area contributed by atoms with Gasteiger partial charge in [0.15, 0.2) is 11.5 Å². The maximum atomic E-state index is 13.0. The summed E-state index contributed by atoms with van der Waals surface area (Å²) in [5.74, 6) is 2.08. The molecule has 176 valence electrons. The highest BCUT2D eigenvalue weighted by molar-refractivity contribution is 5.80. The Morgan fingerprint density at radius 1 is 0.844 bits per heavy atom. The second-order valence-electron chi connectivity index (χ2n) is 9.33. The third-order valence-electron chi connectivity index (χ3n) is 7.28. The van der Waals surface area contributed by atoms with Crippen molar-refractivity contribution in [1.82, 2.24) is 14.7 Å². The molecule has 1 aromatic rings. The first-order valence-electron chi connectivity index (χ1n) is 12.1. The zero-order chi connectivity index (χ0) is 22.5. The molecule has 4 rings (SSSR count). The molecule has 0 aliphatic carbocycles. The lowest BCUT2D eigenvalue weighted by Gasteiger charge is -2.35. The van der Waals surface area contributed by atoms with Crippen LogP contribution in [0.5, 0.6) is 11.5 Å². The van der Waals surface area contributed by atoms with Gasteiger partial charge in [-0.1, -0.05) is 12.8 Å². The summed E-state index contributed by atoms with van der Waals surface area (Å²) in [6.45, 7) is 5.27.